The Labute approximate surface area is 180 Å². The van der Waals surface area contributed by atoms with Gasteiger partial charge in [0.1, 0.15) is 6.61 Å². The van der Waals surface area contributed by atoms with Gasteiger partial charge in [-0.2, -0.15) is 0 Å². The highest BCUT2D eigenvalue weighted by Gasteiger charge is 2.67. The first-order valence-corrected chi connectivity index (χ1v) is 10.1. The molecule has 2 aromatic carbocycles. The number of fused-ring (bicyclic) bond motifs is 2. The summed E-state index contributed by atoms with van der Waals surface area (Å²) in [5, 5.41) is 18.4. The Balaban J connectivity index is 1.81. The molecule has 1 amide bonds. The Bertz CT molecular complexity index is 1080. The van der Waals surface area contributed by atoms with Crippen LogP contribution in [0.15, 0.2) is 42.5 Å². The van der Waals surface area contributed by atoms with Gasteiger partial charge in [-0.3, -0.25) is 20.2 Å². The first-order valence-electron chi connectivity index (χ1n) is 10.1. The van der Waals surface area contributed by atoms with Crippen molar-refractivity contribution >= 4 is 11.6 Å². The molecule has 0 saturated carbocycles. The van der Waals surface area contributed by atoms with Crippen LogP contribution in [-0.4, -0.2) is 36.1 Å². The van der Waals surface area contributed by atoms with Gasteiger partial charge in [0.2, 0.25) is 0 Å². The predicted molar refractivity (Wildman–Crippen MR) is 115 cm³/mol. The number of ether oxygens (including phenoxy) is 2. The standard InChI is InChI=1S/C23H23N3O5/c1-4-12-31-18-11-10-15(13-19(18)30-5-2)20-14(3)25-23(21(20)26(28)29)16-8-6-7-9-17(16)24-22(23)27/h1,6-11,13-14,20-21,25H,5,12H2,2-3H3,(H,24,27)/t14-,20-,21+,23-/m0/s1. The number of hydrogen-bond donors (Lipinski definition) is 2. The van der Waals surface area contributed by atoms with E-state index in [1.807, 2.05) is 13.8 Å². The van der Waals surface area contributed by atoms with Gasteiger partial charge in [-0.15, -0.1) is 6.42 Å². The molecule has 0 bridgehead atoms. The van der Waals surface area contributed by atoms with Gasteiger partial charge >= 0.3 is 0 Å². The highest BCUT2D eigenvalue weighted by atomic mass is 16.6. The lowest BCUT2D eigenvalue weighted by molar-refractivity contribution is -0.532. The number of nitro groups is 1. The molecule has 160 valence electrons. The average molecular weight is 421 g/mol. The normalized spacial score (nSPS) is 26.2. The van der Waals surface area contributed by atoms with Gasteiger partial charge in [0.15, 0.2) is 17.0 Å². The van der Waals surface area contributed by atoms with Gasteiger partial charge in [-0.05, 0) is 37.6 Å². The van der Waals surface area contributed by atoms with E-state index in [1.165, 1.54) is 0 Å². The summed E-state index contributed by atoms with van der Waals surface area (Å²) in [7, 11) is 0. The zero-order valence-electron chi connectivity index (χ0n) is 17.3. The minimum atomic E-state index is -1.45. The molecular weight excluding hydrogens is 398 g/mol. The third-order valence-corrected chi connectivity index (χ3v) is 5.93. The Morgan fingerprint density at radius 3 is 2.71 bits per heavy atom. The Morgan fingerprint density at radius 1 is 1.23 bits per heavy atom. The van der Waals surface area contributed by atoms with Crippen LogP contribution in [0.2, 0.25) is 0 Å². The molecule has 2 N–H and O–H groups in total. The molecule has 4 rings (SSSR count). The van der Waals surface area contributed by atoms with E-state index in [-0.39, 0.29) is 17.6 Å². The van der Waals surface area contributed by atoms with E-state index in [0.717, 1.165) is 0 Å². The van der Waals surface area contributed by atoms with E-state index < -0.39 is 23.4 Å². The minimum absolute atomic E-state index is 0.0817. The quantitative estimate of drug-likeness (QED) is 0.422. The molecule has 0 radical (unpaired) electrons. The van der Waals surface area contributed by atoms with Crippen LogP contribution in [0, 0.1) is 22.5 Å². The molecule has 1 spiro atoms. The molecule has 2 aromatic rings. The number of anilines is 1. The number of rotatable bonds is 6. The second-order valence-corrected chi connectivity index (χ2v) is 7.63. The summed E-state index contributed by atoms with van der Waals surface area (Å²) in [5.41, 5.74) is 0.421. The number of nitrogens with one attached hydrogen (secondary N) is 2. The summed E-state index contributed by atoms with van der Waals surface area (Å²) in [6.45, 7) is 4.17. The first-order chi connectivity index (χ1) is 14.9. The molecule has 8 heteroatoms. The van der Waals surface area contributed by atoms with E-state index >= 15 is 0 Å². The molecule has 2 heterocycles. The minimum Gasteiger partial charge on any atom is -0.490 e. The van der Waals surface area contributed by atoms with Crippen LogP contribution in [0.4, 0.5) is 5.69 Å². The Morgan fingerprint density at radius 2 is 2.00 bits per heavy atom. The highest BCUT2D eigenvalue weighted by molar-refractivity contribution is 6.07. The summed E-state index contributed by atoms with van der Waals surface area (Å²) < 4.78 is 11.2. The average Bonchev–Trinajstić information content (AvgIpc) is 3.21. The van der Waals surface area contributed by atoms with Crippen LogP contribution in [0.25, 0.3) is 0 Å². The fourth-order valence-electron chi connectivity index (χ4n) is 4.79. The maximum Gasteiger partial charge on any atom is 0.256 e. The smallest absolute Gasteiger partial charge is 0.256 e. The number of carbonyl (C=O) groups excluding carboxylic acids is 1. The Hall–Kier alpha value is -3.57. The van der Waals surface area contributed by atoms with Crippen LogP contribution in [-0.2, 0) is 10.3 Å². The van der Waals surface area contributed by atoms with Crippen molar-refractivity contribution in [2.24, 2.45) is 0 Å². The predicted octanol–water partition coefficient (Wildman–Crippen LogP) is 2.67. The number of amides is 1. The molecule has 8 nitrogen and oxygen atoms in total. The summed E-state index contributed by atoms with van der Waals surface area (Å²) in [6.07, 6.45) is 5.28. The van der Waals surface area contributed by atoms with Gasteiger partial charge in [0.25, 0.3) is 11.9 Å². The van der Waals surface area contributed by atoms with Gasteiger partial charge in [-0.25, -0.2) is 0 Å². The van der Waals surface area contributed by atoms with Crippen molar-refractivity contribution in [3.8, 4) is 23.8 Å². The van der Waals surface area contributed by atoms with Gasteiger partial charge in [0.05, 0.1) is 12.5 Å². The molecule has 0 aromatic heterocycles. The third-order valence-electron chi connectivity index (χ3n) is 5.93. The second kappa shape index (κ2) is 7.93. The Kier molecular flexibility index (Phi) is 5.29. The van der Waals surface area contributed by atoms with Crippen LogP contribution < -0.4 is 20.1 Å². The SMILES string of the molecule is C#CCOc1ccc([C@@H]2[C@H](C)N[C@]3(C(=O)Nc4ccccc43)[C@@H]2[N+](=O)[O-])cc1OCC. The molecule has 1 saturated heterocycles. The lowest BCUT2D eigenvalue weighted by atomic mass is 9.78. The van der Waals surface area contributed by atoms with E-state index in [9.17, 15) is 14.9 Å². The molecule has 0 unspecified atom stereocenters. The molecule has 2 aliphatic heterocycles. The summed E-state index contributed by atoms with van der Waals surface area (Å²) >= 11 is 0. The van der Waals surface area contributed by atoms with E-state index in [0.29, 0.717) is 34.9 Å². The number of carbonyl (C=O) groups is 1. The molecule has 2 aliphatic rings. The maximum absolute atomic E-state index is 13.1. The van der Waals surface area contributed by atoms with Crippen LogP contribution in [0.1, 0.15) is 30.9 Å². The number of benzene rings is 2. The molecular formula is C23H23N3O5. The summed E-state index contributed by atoms with van der Waals surface area (Å²) in [5.74, 6) is 2.35. The zero-order chi connectivity index (χ0) is 22.2. The van der Waals surface area contributed by atoms with E-state index in [2.05, 4.69) is 16.6 Å². The maximum atomic E-state index is 13.1. The number of hydrogen-bond acceptors (Lipinski definition) is 6. The van der Waals surface area contributed by atoms with Crippen molar-refractivity contribution in [3.63, 3.8) is 0 Å². The molecule has 1 fully saturated rings. The summed E-state index contributed by atoms with van der Waals surface area (Å²) in [6, 6.07) is 10.7. The van der Waals surface area contributed by atoms with Crippen molar-refractivity contribution in [1.82, 2.24) is 5.32 Å². The van der Waals surface area contributed by atoms with Crippen molar-refractivity contribution < 1.29 is 19.2 Å². The molecule has 4 atom stereocenters. The topological polar surface area (TPSA) is 103 Å². The fourth-order valence-corrected chi connectivity index (χ4v) is 4.79. The lowest BCUT2D eigenvalue weighted by Gasteiger charge is -2.25. The van der Waals surface area contributed by atoms with Crippen LogP contribution in [0.5, 0.6) is 11.5 Å². The van der Waals surface area contributed by atoms with Crippen LogP contribution in [0.3, 0.4) is 0 Å². The van der Waals surface area contributed by atoms with Gasteiger partial charge in [-0.1, -0.05) is 30.2 Å². The van der Waals surface area contributed by atoms with Gasteiger partial charge < -0.3 is 14.8 Å². The summed E-state index contributed by atoms with van der Waals surface area (Å²) in [4.78, 5) is 25.1. The number of nitrogens with zero attached hydrogens (tertiary/aromatic N) is 1. The number of terminal acetylenes is 1. The molecule has 0 aliphatic carbocycles. The lowest BCUT2D eigenvalue weighted by Crippen LogP contribution is -2.54. The first kappa shape index (κ1) is 20.7. The van der Waals surface area contributed by atoms with Crippen molar-refractivity contribution in [2.45, 2.75) is 37.4 Å². The van der Waals surface area contributed by atoms with E-state index in [1.54, 1.807) is 42.5 Å². The fraction of sp³-hybridized carbons (Fsp3) is 0.348. The second-order valence-electron chi connectivity index (χ2n) is 7.63. The van der Waals surface area contributed by atoms with Crippen molar-refractivity contribution in [2.75, 3.05) is 18.5 Å². The van der Waals surface area contributed by atoms with Gasteiger partial charge in [0, 0.05) is 22.2 Å². The largest absolute Gasteiger partial charge is 0.490 e. The monoisotopic (exact) mass is 421 g/mol. The van der Waals surface area contributed by atoms with Crippen LogP contribution >= 0.6 is 0 Å². The van der Waals surface area contributed by atoms with Crippen molar-refractivity contribution in [3.05, 3.63) is 63.7 Å². The zero-order valence-corrected chi connectivity index (χ0v) is 17.3. The third kappa shape index (κ3) is 3.18. The number of para-hydroxylation sites is 1. The van der Waals surface area contributed by atoms with Crippen molar-refractivity contribution in [1.29, 1.82) is 0 Å². The molecule has 31 heavy (non-hydrogen) atoms. The van der Waals surface area contributed by atoms with E-state index in [4.69, 9.17) is 15.9 Å². The highest BCUT2D eigenvalue weighted by Crippen LogP contribution is 2.50.